The van der Waals surface area contributed by atoms with Crippen molar-refractivity contribution < 1.29 is 9.18 Å². The molecule has 0 fully saturated rings. The van der Waals surface area contributed by atoms with E-state index >= 15 is 0 Å². The molecule has 0 aliphatic heterocycles. The molecule has 0 unspecified atom stereocenters. The van der Waals surface area contributed by atoms with Crippen LogP contribution in [0.2, 0.25) is 0 Å². The predicted octanol–water partition coefficient (Wildman–Crippen LogP) is 4.18. The Morgan fingerprint density at radius 2 is 2.00 bits per heavy atom. The standard InChI is InChI=1S/C16H13FN2OS/c1-9-2-3-11(17)8-13(9)19-16(20)15-7-10-6-12(18)4-5-14(10)21-15/h2-8H,18H2,1H3,(H,19,20). The van der Waals surface area contributed by atoms with E-state index in [1.54, 1.807) is 18.2 Å². The molecule has 2 aromatic carbocycles. The third-order valence-corrected chi connectivity index (χ3v) is 4.33. The fraction of sp³-hybridized carbons (Fsp3) is 0.0625. The molecular weight excluding hydrogens is 287 g/mol. The van der Waals surface area contributed by atoms with E-state index in [0.29, 0.717) is 16.3 Å². The molecule has 1 heterocycles. The van der Waals surface area contributed by atoms with Crippen LogP contribution in [0.4, 0.5) is 15.8 Å². The lowest BCUT2D eigenvalue weighted by molar-refractivity contribution is 0.103. The Morgan fingerprint density at radius 3 is 2.81 bits per heavy atom. The van der Waals surface area contributed by atoms with Crippen molar-refractivity contribution in [2.75, 3.05) is 11.1 Å². The van der Waals surface area contributed by atoms with Crippen LogP contribution in [0.1, 0.15) is 15.2 Å². The van der Waals surface area contributed by atoms with Gasteiger partial charge in [0, 0.05) is 16.1 Å². The van der Waals surface area contributed by atoms with E-state index in [-0.39, 0.29) is 11.7 Å². The summed E-state index contributed by atoms with van der Waals surface area (Å²) in [5.74, 6) is -0.622. The van der Waals surface area contributed by atoms with Gasteiger partial charge in [-0.1, -0.05) is 6.07 Å². The summed E-state index contributed by atoms with van der Waals surface area (Å²) in [4.78, 5) is 12.8. The number of anilines is 2. The number of benzene rings is 2. The highest BCUT2D eigenvalue weighted by Gasteiger charge is 2.12. The van der Waals surface area contributed by atoms with Crippen molar-refractivity contribution in [2.45, 2.75) is 6.92 Å². The monoisotopic (exact) mass is 300 g/mol. The molecule has 106 valence electrons. The summed E-state index contributed by atoms with van der Waals surface area (Å²) in [5.41, 5.74) is 7.69. The summed E-state index contributed by atoms with van der Waals surface area (Å²) < 4.78 is 14.2. The largest absolute Gasteiger partial charge is 0.399 e. The van der Waals surface area contributed by atoms with Gasteiger partial charge in [-0.2, -0.15) is 0 Å². The molecule has 0 aliphatic carbocycles. The van der Waals surface area contributed by atoms with Crippen LogP contribution in [-0.4, -0.2) is 5.91 Å². The number of aryl methyl sites for hydroxylation is 1. The van der Waals surface area contributed by atoms with E-state index in [2.05, 4.69) is 5.32 Å². The molecule has 0 saturated heterocycles. The van der Waals surface area contributed by atoms with Crippen molar-refractivity contribution in [1.29, 1.82) is 0 Å². The number of halogens is 1. The fourth-order valence-corrected chi connectivity index (χ4v) is 3.02. The van der Waals surface area contributed by atoms with E-state index < -0.39 is 0 Å². The molecule has 0 aliphatic rings. The first-order valence-electron chi connectivity index (χ1n) is 6.39. The van der Waals surface area contributed by atoms with Crippen molar-refractivity contribution >= 4 is 38.7 Å². The van der Waals surface area contributed by atoms with Crippen LogP contribution in [-0.2, 0) is 0 Å². The molecular formula is C16H13FN2OS. The average molecular weight is 300 g/mol. The highest BCUT2D eigenvalue weighted by molar-refractivity contribution is 7.20. The maximum Gasteiger partial charge on any atom is 0.265 e. The Balaban J connectivity index is 1.91. The van der Waals surface area contributed by atoms with Gasteiger partial charge in [-0.15, -0.1) is 11.3 Å². The van der Waals surface area contributed by atoms with Crippen molar-refractivity contribution in [3.05, 3.63) is 58.7 Å². The Labute approximate surface area is 125 Å². The minimum absolute atomic E-state index is 0.247. The molecule has 0 spiro atoms. The first kappa shape index (κ1) is 13.6. The van der Waals surface area contributed by atoms with Gasteiger partial charge in [-0.3, -0.25) is 4.79 Å². The number of carbonyl (C=O) groups excluding carboxylic acids is 1. The van der Waals surface area contributed by atoms with E-state index in [0.717, 1.165) is 15.6 Å². The van der Waals surface area contributed by atoms with Crippen LogP contribution in [0.5, 0.6) is 0 Å². The second-order valence-electron chi connectivity index (χ2n) is 4.82. The fourth-order valence-electron chi connectivity index (χ4n) is 2.09. The number of carbonyl (C=O) groups is 1. The molecule has 3 rings (SSSR count). The number of amides is 1. The van der Waals surface area contributed by atoms with Gasteiger partial charge in [-0.25, -0.2) is 4.39 Å². The minimum atomic E-state index is -0.375. The van der Waals surface area contributed by atoms with E-state index in [1.165, 1.54) is 23.5 Å². The number of hydrogen-bond acceptors (Lipinski definition) is 3. The molecule has 0 atom stereocenters. The first-order chi connectivity index (χ1) is 10.0. The Kier molecular flexibility index (Phi) is 3.35. The van der Waals surface area contributed by atoms with Crippen LogP contribution < -0.4 is 11.1 Å². The lowest BCUT2D eigenvalue weighted by Crippen LogP contribution is -2.11. The average Bonchev–Trinajstić information content (AvgIpc) is 2.86. The van der Waals surface area contributed by atoms with Crippen molar-refractivity contribution in [1.82, 2.24) is 0 Å². The van der Waals surface area contributed by atoms with Crippen molar-refractivity contribution in [3.63, 3.8) is 0 Å². The van der Waals surface area contributed by atoms with Gasteiger partial charge in [-0.05, 0) is 54.3 Å². The quantitative estimate of drug-likeness (QED) is 0.697. The second-order valence-corrected chi connectivity index (χ2v) is 5.91. The van der Waals surface area contributed by atoms with Gasteiger partial charge in [0.05, 0.1) is 4.88 Å². The summed E-state index contributed by atoms with van der Waals surface area (Å²) in [6, 6.07) is 11.6. The second kappa shape index (κ2) is 5.18. The van der Waals surface area contributed by atoms with Crippen LogP contribution in [0.15, 0.2) is 42.5 Å². The van der Waals surface area contributed by atoms with E-state index in [9.17, 15) is 9.18 Å². The zero-order chi connectivity index (χ0) is 15.0. The molecule has 1 amide bonds. The number of nitrogens with two attached hydrogens (primary N) is 1. The smallest absolute Gasteiger partial charge is 0.265 e. The first-order valence-corrected chi connectivity index (χ1v) is 7.21. The molecule has 0 bridgehead atoms. The number of nitrogens with one attached hydrogen (secondary N) is 1. The predicted molar refractivity (Wildman–Crippen MR) is 85.3 cm³/mol. The number of thiophene rings is 1. The van der Waals surface area contributed by atoms with E-state index in [1.807, 2.05) is 19.1 Å². The van der Waals surface area contributed by atoms with Crippen LogP contribution in [0.25, 0.3) is 10.1 Å². The zero-order valence-electron chi connectivity index (χ0n) is 11.3. The molecule has 5 heteroatoms. The molecule has 0 saturated carbocycles. The summed E-state index contributed by atoms with van der Waals surface area (Å²) in [5, 5.41) is 3.67. The third kappa shape index (κ3) is 2.73. The lowest BCUT2D eigenvalue weighted by Gasteiger charge is -2.07. The van der Waals surface area contributed by atoms with Gasteiger partial charge in [0.15, 0.2) is 0 Å². The SMILES string of the molecule is Cc1ccc(F)cc1NC(=O)c1cc2cc(N)ccc2s1. The highest BCUT2D eigenvalue weighted by atomic mass is 32.1. The molecule has 1 aromatic heterocycles. The van der Waals surface area contributed by atoms with Crippen LogP contribution >= 0.6 is 11.3 Å². The molecule has 3 aromatic rings. The molecule has 3 N–H and O–H groups in total. The number of hydrogen-bond donors (Lipinski definition) is 2. The molecule has 21 heavy (non-hydrogen) atoms. The highest BCUT2D eigenvalue weighted by Crippen LogP contribution is 2.28. The number of fused-ring (bicyclic) bond motifs is 1. The Hall–Kier alpha value is -2.40. The van der Waals surface area contributed by atoms with Gasteiger partial charge >= 0.3 is 0 Å². The van der Waals surface area contributed by atoms with Gasteiger partial charge in [0.1, 0.15) is 5.82 Å². The van der Waals surface area contributed by atoms with Gasteiger partial charge in [0.2, 0.25) is 0 Å². The maximum absolute atomic E-state index is 13.2. The lowest BCUT2D eigenvalue weighted by atomic mass is 10.2. The molecule has 3 nitrogen and oxygen atoms in total. The number of rotatable bonds is 2. The molecule has 0 radical (unpaired) electrons. The van der Waals surface area contributed by atoms with Gasteiger partial charge < -0.3 is 11.1 Å². The summed E-state index contributed by atoms with van der Waals surface area (Å²) in [6.07, 6.45) is 0. The normalized spacial score (nSPS) is 10.8. The topological polar surface area (TPSA) is 55.1 Å². The van der Waals surface area contributed by atoms with Crippen molar-refractivity contribution in [3.8, 4) is 0 Å². The van der Waals surface area contributed by atoms with Crippen LogP contribution in [0.3, 0.4) is 0 Å². The van der Waals surface area contributed by atoms with Crippen LogP contribution in [0, 0.1) is 12.7 Å². The summed E-state index contributed by atoms with van der Waals surface area (Å²) in [7, 11) is 0. The van der Waals surface area contributed by atoms with Crippen molar-refractivity contribution in [2.24, 2.45) is 0 Å². The number of nitrogen functional groups attached to an aromatic ring is 1. The van der Waals surface area contributed by atoms with Gasteiger partial charge in [0.25, 0.3) is 5.91 Å². The maximum atomic E-state index is 13.2. The third-order valence-electron chi connectivity index (χ3n) is 3.21. The Bertz CT molecular complexity index is 841. The summed E-state index contributed by atoms with van der Waals surface area (Å²) in [6.45, 7) is 1.82. The Morgan fingerprint density at radius 1 is 1.19 bits per heavy atom. The van der Waals surface area contributed by atoms with E-state index in [4.69, 9.17) is 5.73 Å². The minimum Gasteiger partial charge on any atom is -0.399 e. The zero-order valence-corrected chi connectivity index (χ0v) is 12.1. The summed E-state index contributed by atoms with van der Waals surface area (Å²) >= 11 is 1.38.